The molecule has 1 aromatic carbocycles. The minimum absolute atomic E-state index is 0.00990. The Labute approximate surface area is 179 Å². The number of carbonyl (C=O) groups excluding carboxylic acids is 2. The fourth-order valence-corrected chi connectivity index (χ4v) is 4.60. The zero-order valence-electron chi connectivity index (χ0n) is 17.2. The Balaban J connectivity index is 1.56. The van der Waals surface area contributed by atoms with Crippen LogP contribution in [0.25, 0.3) is 17.0 Å². The number of nitrogens with two attached hydrogens (primary N) is 1. The van der Waals surface area contributed by atoms with Crippen molar-refractivity contribution in [2.75, 3.05) is 0 Å². The summed E-state index contributed by atoms with van der Waals surface area (Å²) >= 11 is 0. The minimum Gasteiger partial charge on any atom is -0.478 e. The van der Waals surface area contributed by atoms with Gasteiger partial charge in [0, 0.05) is 17.8 Å². The second kappa shape index (κ2) is 7.23. The van der Waals surface area contributed by atoms with Crippen molar-refractivity contribution >= 4 is 28.8 Å². The molecule has 1 spiro atoms. The third kappa shape index (κ3) is 3.34. The number of ether oxygens (including phenoxy) is 1. The lowest BCUT2D eigenvalue weighted by Crippen LogP contribution is -2.48. The number of Topliss-reactive ketones (excluding diaryl/α,β-unsaturated/α-hetero) is 1. The second-order valence-corrected chi connectivity index (χ2v) is 8.26. The molecule has 31 heavy (non-hydrogen) atoms. The van der Waals surface area contributed by atoms with Crippen LogP contribution in [0.1, 0.15) is 42.4 Å². The summed E-state index contributed by atoms with van der Waals surface area (Å²) in [5, 5.41) is 6.97. The summed E-state index contributed by atoms with van der Waals surface area (Å²) in [6, 6.07) is 11.1. The average Bonchev–Trinajstić information content (AvgIpc) is 3.32. The van der Waals surface area contributed by atoms with Crippen molar-refractivity contribution < 1.29 is 14.3 Å². The monoisotopic (exact) mass is 417 g/mol. The summed E-state index contributed by atoms with van der Waals surface area (Å²) in [5.41, 5.74) is 8.34. The van der Waals surface area contributed by atoms with Gasteiger partial charge in [0.2, 0.25) is 5.78 Å². The van der Waals surface area contributed by atoms with Crippen LogP contribution < -0.4 is 11.1 Å². The lowest BCUT2D eigenvalue weighted by molar-refractivity contribution is -0.131. The molecule has 2 aliphatic rings. The summed E-state index contributed by atoms with van der Waals surface area (Å²) in [5.74, 6) is 0.554. The minimum atomic E-state index is -0.929. The van der Waals surface area contributed by atoms with E-state index in [-0.39, 0.29) is 11.8 Å². The molecule has 1 saturated carbocycles. The highest BCUT2D eigenvalue weighted by atomic mass is 16.5. The smallest absolute Gasteiger partial charge is 0.312 e. The first-order chi connectivity index (χ1) is 14.9. The quantitative estimate of drug-likeness (QED) is 0.681. The average molecular weight is 417 g/mol. The first kappa shape index (κ1) is 19.3. The highest BCUT2D eigenvalue weighted by Gasteiger charge is 2.51. The van der Waals surface area contributed by atoms with Gasteiger partial charge in [-0.1, -0.05) is 29.8 Å². The van der Waals surface area contributed by atoms with E-state index in [4.69, 9.17) is 10.5 Å². The van der Waals surface area contributed by atoms with Gasteiger partial charge in [-0.15, -0.1) is 0 Å². The molecule has 0 radical (unpaired) electrons. The topological polar surface area (TPSA) is 112 Å². The van der Waals surface area contributed by atoms with E-state index in [1.165, 1.54) is 6.33 Å². The number of aryl methyl sites for hydroxylation is 1. The first-order valence-corrected chi connectivity index (χ1v) is 10.4. The molecule has 0 saturated heterocycles. The Bertz CT molecular complexity index is 1220. The Kier molecular flexibility index (Phi) is 4.50. The van der Waals surface area contributed by atoms with Crippen molar-refractivity contribution in [1.82, 2.24) is 19.9 Å². The molecule has 2 aromatic heterocycles. The Morgan fingerprint density at radius 3 is 2.77 bits per heavy atom. The largest absolute Gasteiger partial charge is 0.478 e. The van der Waals surface area contributed by atoms with Crippen molar-refractivity contribution in [2.45, 2.75) is 44.2 Å². The Hall–Kier alpha value is -3.68. The van der Waals surface area contributed by atoms with Crippen LogP contribution in [0.2, 0.25) is 0 Å². The van der Waals surface area contributed by atoms with Gasteiger partial charge in [0.1, 0.15) is 12.1 Å². The number of aromatic nitrogens is 3. The molecule has 8 nitrogen and oxygen atoms in total. The molecule has 8 heteroatoms. The van der Waals surface area contributed by atoms with Crippen LogP contribution in [0, 0.1) is 6.92 Å². The van der Waals surface area contributed by atoms with Crippen LogP contribution in [0.4, 0.5) is 4.79 Å². The number of urea groups is 1. The Morgan fingerprint density at radius 1 is 1.23 bits per heavy atom. The summed E-state index contributed by atoms with van der Waals surface area (Å²) in [6.07, 6.45) is 5.61. The van der Waals surface area contributed by atoms with Crippen molar-refractivity contribution in [2.24, 2.45) is 5.73 Å². The van der Waals surface area contributed by atoms with E-state index in [0.717, 1.165) is 22.3 Å². The summed E-state index contributed by atoms with van der Waals surface area (Å²) in [7, 11) is 0. The summed E-state index contributed by atoms with van der Waals surface area (Å²) < 4.78 is 8.17. The fourth-order valence-electron chi connectivity index (χ4n) is 4.60. The number of amides is 2. The first-order valence-electron chi connectivity index (χ1n) is 10.4. The van der Waals surface area contributed by atoms with Crippen LogP contribution >= 0.6 is 0 Å². The van der Waals surface area contributed by atoms with E-state index in [9.17, 15) is 9.59 Å². The van der Waals surface area contributed by atoms with Crippen molar-refractivity contribution in [3.8, 4) is 0 Å². The van der Waals surface area contributed by atoms with Gasteiger partial charge in [0.05, 0.1) is 5.57 Å². The van der Waals surface area contributed by atoms with E-state index in [0.29, 0.717) is 37.0 Å². The molecule has 158 valence electrons. The van der Waals surface area contributed by atoms with E-state index in [1.807, 2.05) is 49.5 Å². The normalized spacial score (nSPS) is 23.4. The number of rotatable bonds is 3. The van der Waals surface area contributed by atoms with Gasteiger partial charge in [-0.2, -0.15) is 5.10 Å². The number of carbonyl (C=O) groups is 2. The zero-order valence-corrected chi connectivity index (χ0v) is 17.2. The molecule has 0 unspecified atom stereocenters. The van der Waals surface area contributed by atoms with Gasteiger partial charge in [-0.05, 0) is 50.3 Å². The molecule has 0 bridgehead atoms. The Morgan fingerprint density at radius 2 is 2.03 bits per heavy atom. The second-order valence-electron chi connectivity index (χ2n) is 8.26. The third-order valence-corrected chi connectivity index (χ3v) is 6.15. The van der Waals surface area contributed by atoms with Crippen LogP contribution in [0.5, 0.6) is 0 Å². The van der Waals surface area contributed by atoms with E-state index >= 15 is 0 Å². The van der Waals surface area contributed by atoms with Gasteiger partial charge in [-0.25, -0.2) is 14.3 Å². The predicted octanol–water partition coefficient (Wildman–Crippen LogP) is 2.86. The molecule has 2 amide bonds. The van der Waals surface area contributed by atoms with Gasteiger partial charge < -0.3 is 15.8 Å². The maximum atomic E-state index is 13.8. The number of benzene rings is 1. The maximum absolute atomic E-state index is 13.8. The standard InChI is InChI=1S/C23H23N5O3/c1-14-3-2-4-15(11-14)19-20(16-5-6-18-25-13-26-28(18)12-16)31-23(21(19)29)9-7-17(8-10-23)27-22(24)30/h2-6,11-13,17H,7-10H2,1H3,(H3,24,27,30). The molecule has 1 aliphatic carbocycles. The number of ketones is 1. The molecule has 1 fully saturated rings. The number of nitrogens with one attached hydrogen (secondary N) is 1. The van der Waals surface area contributed by atoms with E-state index in [2.05, 4.69) is 15.4 Å². The molecule has 3 N–H and O–H groups in total. The van der Waals surface area contributed by atoms with Crippen LogP contribution in [0.3, 0.4) is 0 Å². The fraction of sp³-hybridized carbons (Fsp3) is 0.304. The van der Waals surface area contributed by atoms with Crippen LogP contribution in [0.15, 0.2) is 48.9 Å². The van der Waals surface area contributed by atoms with Gasteiger partial charge >= 0.3 is 6.03 Å². The predicted molar refractivity (Wildman–Crippen MR) is 115 cm³/mol. The number of pyridine rings is 1. The van der Waals surface area contributed by atoms with Crippen molar-refractivity contribution in [1.29, 1.82) is 0 Å². The van der Waals surface area contributed by atoms with E-state index in [1.54, 1.807) is 4.52 Å². The number of fused-ring (bicyclic) bond motifs is 1. The van der Waals surface area contributed by atoms with Crippen LogP contribution in [-0.4, -0.2) is 38.1 Å². The van der Waals surface area contributed by atoms with Crippen LogP contribution in [-0.2, 0) is 9.53 Å². The molecular formula is C23H23N5O3. The summed E-state index contributed by atoms with van der Waals surface area (Å²) in [6.45, 7) is 2.00. The zero-order chi connectivity index (χ0) is 21.6. The van der Waals surface area contributed by atoms with Gasteiger partial charge in [-0.3, -0.25) is 4.79 Å². The number of hydrogen-bond acceptors (Lipinski definition) is 5. The van der Waals surface area contributed by atoms with Gasteiger partial charge in [0.25, 0.3) is 0 Å². The number of nitrogens with zero attached hydrogens (tertiary/aromatic N) is 3. The molecule has 0 atom stereocenters. The molecular weight excluding hydrogens is 394 g/mol. The highest BCUT2D eigenvalue weighted by Crippen LogP contribution is 2.48. The molecule has 3 heterocycles. The summed E-state index contributed by atoms with van der Waals surface area (Å²) in [4.78, 5) is 29.2. The maximum Gasteiger partial charge on any atom is 0.312 e. The number of primary amides is 1. The lowest BCUT2D eigenvalue weighted by atomic mass is 9.77. The molecule has 1 aliphatic heterocycles. The molecule has 3 aromatic rings. The van der Waals surface area contributed by atoms with Crippen molar-refractivity contribution in [3.05, 3.63) is 65.6 Å². The van der Waals surface area contributed by atoms with Crippen molar-refractivity contribution in [3.63, 3.8) is 0 Å². The van der Waals surface area contributed by atoms with E-state index < -0.39 is 11.6 Å². The highest BCUT2D eigenvalue weighted by molar-refractivity contribution is 6.33. The third-order valence-electron chi connectivity index (χ3n) is 6.15. The van der Waals surface area contributed by atoms with Gasteiger partial charge in [0.15, 0.2) is 11.2 Å². The SMILES string of the molecule is Cc1cccc(C2=C(c3ccc4ncnn4c3)OC3(CCC(NC(N)=O)CC3)C2=O)c1. The molecule has 5 rings (SSSR count). The lowest BCUT2D eigenvalue weighted by Gasteiger charge is -2.36. The number of hydrogen-bond donors (Lipinski definition) is 2.